The third kappa shape index (κ3) is 2.15. The van der Waals surface area contributed by atoms with E-state index in [1.54, 1.807) is 0 Å². The van der Waals surface area contributed by atoms with Crippen molar-refractivity contribution in [2.75, 3.05) is 19.6 Å². The second-order valence-electron chi connectivity index (χ2n) is 7.08. The zero-order chi connectivity index (χ0) is 12.0. The monoisotopic (exact) mass is 236 g/mol. The lowest BCUT2D eigenvalue weighted by Crippen LogP contribution is -2.46. The third-order valence-electron chi connectivity index (χ3n) is 6.05. The molecule has 0 aromatic rings. The summed E-state index contributed by atoms with van der Waals surface area (Å²) in [6.45, 7) is 8.73. The zero-order valence-electron chi connectivity index (χ0n) is 11.4. The molecule has 3 fully saturated rings. The molecule has 2 nitrogen and oxygen atoms in total. The van der Waals surface area contributed by atoms with Crippen LogP contribution in [0.15, 0.2) is 0 Å². The first-order valence-corrected chi connectivity index (χ1v) is 7.63. The molecule has 6 unspecified atom stereocenters. The maximum Gasteiger partial charge on any atom is 0.0111 e. The lowest BCUT2D eigenvalue weighted by Gasteiger charge is -2.39. The summed E-state index contributed by atoms with van der Waals surface area (Å²) in [5.41, 5.74) is 6.42. The van der Waals surface area contributed by atoms with Crippen molar-refractivity contribution in [3.8, 4) is 0 Å². The molecule has 2 saturated carbocycles. The second-order valence-corrected chi connectivity index (χ2v) is 7.08. The van der Waals surface area contributed by atoms with Gasteiger partial charge in [-0.3, -0.25) is 0 Å². The van der Waals surface area contributed by atoms with E-state index in [0.29, 0.717) is 6.04 Å². The van der Waals surface area contributed by atoms with Gasteiger partial charge >= 0.3 is 0 Å². The van der Waals surface area contributed by atoms with Gasteiger partial charge in [0, 0.05) is 19.1 Å². The number of rotatable bonds is 2. The van der Waals surface area contributed by atoms with Crippen LogP contribution in [0.4, 0.5) is 0 Å². The van der Waals surface area contributed by atoms with Crippen molar-refractivity contribution in [3.63, 3.8) is 0 Å². The van der Waals surface area contributed by atoms with Crippen molar-refractivity contribution in [3.05, 3.63) is 0 Å². The summed E-state index contributed by atoms with van der Waals surface area (Å²) < 4.78 is 0. The molecular formula is C15H28N2. The molecule has 3 aliphatic rings. The van der Waals surface area contributed by atoms with Crippen molar-refractivity contribution in [1.82, 2.24) is 4.90 Å². The molecule has 1 aliphatic heterocycles. The van der Waals surface area contributed by atoms with E-state index in [0.717, 1.165) is 29.6 Å². The first-order valence-electron chi connectivity index (χ1n) is 7.63. The van der Waals surface area contributed by atoms with E-state index in [1.807, 2.05) is 0 Å². The van der Waals surface area contributed by atoms with Gasteiger partial charge in [-0.15, -0.1) is 0 Å². The molecule has 2 heteroatoms. The summed E-state index contributed by atoms with van der Waals surface area (Å²) in [6, 6.07) is 0.517. The highest BCUT2D eigenvalue weighted by Gasteiger charge is 2.46. The predicted octanol–water partition coefficient (Wildman–Crippen LogP) is 2.34. The van der Waals surface area contributed by atoms with Crippen LogP contribution in [0.2, 0.25) is 0 Å². The summed E-state index contributed by atoms with van der Waals surface area (Å²) in [5.74, 6) is 4.43. The summed E-state index contributed by atoms with van der Waals surface area (Å²) in [6.07, 6.45) is 5.70. The quantitative estimate of drug-likeness (QED) is 0.797. The Bertz CT molecular complexity index is 276. The van der Waals surface area contributed by atoms with Gasteiger partial charge in [-0.05, 0) is 61.8 Å². The van der Waals surface area contributed by atoms with Crippen LogP contribution in [-0.4, -0.2) is 30.6 Å². The van der Waals surface area contributed by atoms with Crippen LogP contribution >= 0.6 is 0 Å². The third-order valence-corrected chi connectivity index (χ3v) is 6.05. The number of piperidine rings is 1. The van der Waals surface area contributed by atoms with Crippen LogP contribution in [-0.2, 0) is 0 Å². The standard InChI is InChI=1S/C15H28N2/c1-10-5-6-17(8-11(10)2)9-14-12-3-4-13(7-12)15(14)16/h10-15H,3-9,16H2,1-2H3. The number of hydrogen-bond donors (Lipinski definition) is 1. The van der Waals surface area contributed by atoms with Crippen molar-refractivity contribution in [2.45, 2.75) is 45.6 Å². The molecule has 6 atom stereocenters. The molecule has 2 bridgehead atoms. The minimum absolute atomic E-state index is 0.517. The molecule has 0 aromatic heterocycles. The SMILES string of the molecule is CC1CCN(CC2C3CCC(C3)C2N)CC1C. The van der Waals surface area contributed by atoms with Crippen molar-refractivity contribution in [1.29, 1.82) is 0 Å². The summed E-state index contributed by atoms with van der Waals surface area (Å²) >= 11 is 0. The summed E-state index contributed by atoms with van der Waals surface area (Å²) in [4.78, 5) is 2.70. The van der Waals surface area contributed by atoms with E-state index < -0.39 is 0 Å². The van der Waals surface area contributed by atoms with Gasteiger partial charge in [-0.1, -0.05) is 13.8 Å². The number of nitrogens with two attached hydrogens (primary N) is 1. The molecule has 1 heterocycles. The predicted molar refractivity (Wildman–Crippen MR) is 71.7 cm³/mol. The Kier molecular flexibility index (Phi) is 3.20. The Hall–Kier alpha value is -0.0800. The summed E-state index contributed by atoms with van der Waals surface area (Å²) in [7, 11) is 0. The van der Waals surface area contributed by atoms with Crippen LogP contribution in [0.1, 0.15) is 39.5 Å². The van der Waals surface area contributed by atoms with E-state index in [9.17, 15) is 0 Å². The van der Waals surface area contributed by atoms with Crippen LogP contribution in [0, 0.1) is 29.6 Å². The van der Waals surface area contributed by atoms with Gasteiger partial charge in [-0.2, -0.15) is 0 Å². The Labute approximate surface area is 106 Å². The molecular weight excluding hydrogens is 208 g/mol. The highest BCUT2D eigenvalue weighted by atomic mass is 15.1. The molecule has 3 rings (SSSR count). The van der Waals surface area contributed by atoms with Gasteiger partial charge in [0.2, 0.25) is 0 Å². The average molecular weight is 236 g/mol. The van der Waals surface area contributed by atoms with E-state index in [1.165, 1.54) is 45.3 Å². The fourth-order valence-corrected chi connectivity index (χ4v) is 4.54. The average Bonchev–Trinajstić information content (AvgIpc) is 2.87. The van der Waals surface area contributed by atoms with E-state index >= 15 is 0 Å². The van der Waals surface area contributed by atoms with E-state index in [2.05, 4.69) is 18.7 Å². The second kappa shape index (κ2) is 4.55. The minimum atomic E-state index is 0.517. The maximum absolute atomic E-state index is 6.42. The van der Waals surface area contributed by atoms with Gasteiger partial charge in [0.25, 0.3) is 0 Å². The van der Waals surface area contributed by atoms with Crippen LogP contribution in [0.5, 0.6) is 0 Å². The first kappa shape index (κ1) is 12.0. The lowest BCUT2D eigenvalue weighted by molar-refractivity contribution is 0.100. The summed E-state index contributed by atoms with van der Waals surface area (Å²) in [5, 5.41) is 0. The fourth-order valence-electron chi connectivity index (χ4n) is 4.54. The van der Waals surface area contributed by atoms with E-state index in [4.69, 9.17) is 5.73 Å². The molecule has 0 aromatic carbocycles. The molecule has 1 saturated heterocycles. The Morgan fingerprint density at radius 2 is 1.82 bits per heavy atom. The van der Waals surface area contributed by atoms with Gasteiger partial charge < -0.3 is 10.6 Å². The molecule has 0 spiro atoms. The molecule has 0 radical (unpaired) electrons. The number of nitrogens with zero attached hydrogens (tertiary/aromatic N) is 1. The van der Waals surface area contributed by atoms with Gasteiger partial charge in [-0.25, -0.2) is 0 Å². The maximum atomic E-state index is 6.42. The van der Waals surface area contributed by atoms with Crippen molar-refractivity contribution in [2.24, 2.45) is 35.3 Å². The largest absolute Gasteiger partial charge is 0.327 e. The zero-order valence-corrected chi connectivity index (χ0v) is 11.4. The highest BCUT2D eigenvalue weighted by molar-refractivity contribution is 5.00. The number of hydrogen-bond acceptors (Lipinski definition) is 2. The van der Waals surface area contributed by atoms with Crippen molar-refractivity contribution < 1.29 is 0 Å². The molecule has 0 amide bonds. The fraction of sp³-hybridized carbons (Fsp3) is 1.00. The Morgan fingerprint density at radius 3 is 2.47 bits per heavy atom. The van der Waals surface area contributed by atoms with Crippen LogP contribution in [0.3, 0.4) is 0 Å². The minimum Gasteiger partial charge on any atom is -0.327 e. The van der Waals surface area contributed by atoms with Gasteiger partial charge in [0.1, 0.15) is 0 Å². The smallest absolute Gasteiger partial charge is 0.0111 e. The normalized spacial score (nSPS) is 51.0. The molecule has 2 N–H and O–H groups in total. The lowest BCUT2D eigenvalue weighted by atomic mass is 9.83. The Balaban J connectivity index is 1.57. The highest BCUT2D eigenvalue weighted by Crippen LogP contribution is 2.48. The van der Waals surface area contributed by atoms with Crippen LogP contribution < -0.4 is 5.73 Å². The Morgan fingerprint density at radius 1 is 1.06 bits per heavy atom. The number of likely N-dealkylation sites (tertiary alicyclic amines) is 1. The molecule has 2 aliphatic carbocycles. The molecule has 98 valence electrons. The number of fused-ring (bicyclic) bond motifs is 2. The van der Waals surface area contributed by atoms with E-state index in [-0.39, 0.29) is 0 Å². The topological polar surface area (TPSA) is 29.3 Å². The van der Waals surface area contributed by atoms with Gasteiger partial charge in [0.05, 0.1) is 0 Å². The van der Waals surface area contributed by atoms with Gasteiger partial charge in [0.15, 0.2) is 0 Å². The van der Waals surface area contributed by atoms with Crippen molar-refractivity contribution >= 4 is 0 Å². The molecule has 17 heavy (non-hydrogen) atoms. The van der Waals surface area contributed by atoms with Crippen LogP contribution in [0.25, 0.3) is 0 Å². The first-order chi connectivity index (χ1) is 8.15.